The van der Waals surface area contributed by atoms with Gasteiger partial charge in [-0.3, -0.25) is 4.99 Å². The highest BCUT2D eigenvalue weighted by Gasteiger charge is 2.42. The van der Waals surface area contributed by atoms with E-state index in [1.54, 1.807) is 0 Å². The van der Waals surface area contributed by atoms with Crippen LogP contribution >= 0.6 is 39.9 Å². The Kier molecular flexibility index (Phi) is 7.80. The standard InChI is InChI=1S/C20H30BrN3O.HI/c1-4-22-18(24-11-9-20(14-24)10-12-25-15-20)23-13-19(2,3)16-5-7-17(21)8-6-16;/h5-8H,4,9-15H2,1-3H3,(H,22,23);1H. The quantitative estimate of drug-likeness (QED) is 0.352. The maximum Gasteiger partial charge on any atom is 0.193 e. The van der Waals surface area contributed by atoms with Crippen molar-refractivity contribution in [3.8, 4) is 0 Å². The summed E-state index contributed by atoms with van der Waals surface area (Å²) in [4.78, 5) is 7.43. The molecule has 2 saturated heterocycles. The highest BCUT2D eigenvalue weighted by molar-refractivity contribution is 14.0. The summed E-state index contributed by atoms with van der Waals surface area (Å²) in [5, 5.41) is 3.49. The number of likely N-dealkylation sites (tertiary alicyclic amines) is 1. The Morgan fingerprint density at radius 3 is 2.65 bits per heavy atom. The van der Waals surface area contributed by atoms with E-state index >= 15 is 0 Å². The number of guanidine groups is 1. The van der Waals surface area contributed by atoms with E-state index in [1.807, 2.05) is 0 Å². The summed E-state index contributed by atoms with van der Waals surface area (Å²) in [5.74, 6) is 1.05. The van der Waals surface area contributed by atoms with Gasteiger partial charge in [0.05, 0.1) is 13.2 Å². The monoisotopic (exact) mass is 535 g/mol. The van der Waals surface area contributed by atoms with Gasteiger partial charge in [-0.05, 0) is 37.5 Å². The molecule has 2 fully saturated rings. The van der Waals surface area contributed by atoms with Crippen molar-refractivity contribution in [1.29, 1.82) is 0 Å². The van der Waals surface area contributed by atoms with Gasteiger partial charge in [-0.25, -0.2) is 0 Å². The van der Waals surface area contributed by atoms with Gasteiger partial charge in [-0.1, -0.05) is 41.9 Å². The SMILES string of the molecule is CCNC(=NCC(C)(C)c1ccc(Br)cc1)N1CCC2(CCOC2)C1.I. The molecule has 146 valence electrons. The fourth-order valence-corrected chi connectivity index (χ4v) is 4.04. The van der Waals surface area contributed by atoms with Gasteiger partial charge in [-0.2, -0.15) is 0 Å². The molecule has 0 saturated carbocycles. The topological polar surface area (TPSA) is 36.9 Å². The van der Waals surface area contributed by atoms with Crippen molar-refractivity contribution >= 4 is 45.9 Å². The molecule has 1 unspecified atom stereocenters. The lowest BCUT2D eigenvalue weighted by Gasteiger charge is -2.27. The molecule has 4 nitrogen and oxygen atoms in total. The molecule has 0 amide bonds. The molecule has 0 bridgehead atoms. The summed E-state index contributed by atoms with van der Waals surface area (Å²) < 4.78 is 6.78. The summed E-state index contributed by atoms with van der Waals surface area (Å²) in [6, 6.07) is 8.59. The van der Waals surface area contributed by atoms with E-state index in [2.05, 4.69) is 71.2 Å². The van der Waals surface area contributed by atoms with Crippen LogP contribution in [-0.4, -0.2) is 50.3 Å². The molecule has 1 aromatic carbocycles. The summed E-state index contributed by atoms with van der Waals surface area (Å²) in [5.41, 5.74) is 1.68. The average molecular weight is 536 g/mol. The van der Waals surface area contributed by atoms with E-state index in [0.29, 0.717) is 5.41 Å². The lowest BCUT2D eigenvalue weighted by Crippen LogP contribution is -2.42. The molecule has 26 heavy (non-hydrogen) atoms. The first-order chi connectivity index (χ1) is 11.9. The highest BCUT2D eigenvalue weighted by atomic mass is 127. The van der Waals surface area contributed by atoms with Crippen LogP contribution in [0, 0.1) is 5.41 Å². The largest absolute Gasteiger partial charge is 0.381 e. The van der Waals surface area contributed by atoms with Crippen molar-refractivity contribution in [1.82, 2.24) is 10.2 Å². The fourth-order valence-electron chi connectivity index (χ4n) is 3.78. The number of nitrogens with one attached hydrogen (secondary N) is 1. The van der Waals surface area contributed by atoms with Gasteiger partial charge in [0.2, 0.25) is 0 Å². The Labute approximate surface area is 183 Å². The second-order valence-corrected chi connectivity index (χ2v) is 8.95. The van der Waals surface area contributed by atoms with Gasteiger partial charge in [-0.15, -0.1) is 24.0 Å². The molecule has 1 aromatic rings. The van der Waals surface area contributed by atoms with Crippen LogP contribution in [0.2, 0.25) is 0 Å². The summed E-state index contributed by atoms with van der Waals surface area (Å²) in [6.45, 7) is 12.3. The second kappa shape index (κ2) is 9.24. The maximum absolute atomic E-state index is 5.66. The minimum Gasteiger partial charge on any atom is -0.381 e. The lowest BCUT2D eigenvalue weighted by molar-refractivity contribution is 0.156. The van der Waals surface area contributed by atoms with Gasteiger partial charge in [0.1, 0.15) is 0 Å². The van der Waals surface area contributed by atoms with Gasteiger partial charge in [0.25, 0.3) is 0 Å². The van der Waals surface area contributed by atoms with Crippen LogP contribution in [0.1, 0.15) is 39.2 Å². The molecule has 0 radical (unpaired) electrons. The van der Waals surface area contributed by atoms with Crippen LogP contribution in [0.3, 0.4) is 0 Å². The summed E-state index contributed by atoms with van der Waals surface area (Å²) >= 11 is 3.51. The maximum atomic E-state index is 5.66. The molecular formula is C20H31BrIN3O. The molecule has 1 atom stereocenters. The van der Waals surface area contributed by atoms with E-state index in [9.17, 15) is 0 Å². The van der Waals surface area contributed by atoms with Crippen LogP contribution < -0.4 is 5.32 Å². The number of hydrogen-bond donors (Lipinski definition) is 1. The van der Waals surface area contributed by atoms with Crippen LogP contribution in [0.15, 0.2) is 33.7 Å². The fraction of sp³-hybridized carbons (Fsp3) is 0.650. The molecule has 0 aromatic heterocycles. The Balaban J connectivity index is 0.00000243. The van der Waals surface area contributed by atoms with Gasteiger partial charge >= 0.3 is 0 Å². The van der Waals surface area contributed by atoms with E-state index in [4.69, 9.17) is 9.73 Å². The lowest BCUT2D eigenvalue weighted by atomic mass is 9.85. The zero-order valence-corrected chi connectivity index (χ0v) is 20.0. The first-order valence-electron chi connectivity index (χ1n) is 9.31. The Morgan fingerprint density at radius 2 is 2.04 bits per heavy atom. The normalized spacial score (nSPS) is 23.4. The molecule has 2 heterocycles. The van der Waals surface area contributed by atoms with Crippen molar-refractivity contribution in [2.24, 2.45) is 10.4 Å². The van der Waals surface area contributed by atoms with Crippen LogP contribution in [-0.2, 0) is 10.2 Å². The third-order valence-electron chi connectivity index (χ3n) is 5.51. The molecule has 1 spiro atoms. The number of halogens is 2. The van der Waals surface area contributed by atoms with Crippen molar-refractivity contribution in [2.75, 3.05) is 39.4 Å². The predicted molar refractivity (Wildman–Crippen MR) is 123 cm³/mol. The Bertz CT molecular complexity index is 612. The van der Waals surface area contributed by atoms with Crippen LogP contribution in [0.4, 0.5) is 0 Å². The van der Waals surface area contributed by atoms with Crippen molar-refractivity contribution in [3.63, 3.8) is 0 Å². The third-order valence-corrected chi connectivity index (χ3v) is 6.04. The molecule has 2 aliphatic heterocycles. The molecule has 2 aliphatic rings. The van der Waals surface area contributed by atoms with E-state index < -0.39 is 0 Å². The summed E-state index contributed by atoms with van der Waals surface area (Å²) in [7, 11) is 0. The Morgan fingerprint density at radius 1 is 1.31 bits per heavy atom. The van der Waals surface area contributed by atoms with Crippen LogP contribution in [0.25, 0.3) is 0 Å². The minimum atomic E-state index is 0. The van der Waals surface area contributed by atoms with Crippen molar-refractivity contribution in [2.45, 2.75) is 39.0 Å². The van der Waals surface area contributed by atoms with E-state index in [-0.39, 0.29) is 29.4 Å². The zero-order valence-electron chi connectivity index (χ0n) is 16.1. The second-order valence-electron chi connectivity index (χ2n) is 8.04. The number of benzene rings is 1. The molecule has 0 aliphatic carbocycles. The smallest absolute Gasteiger partial charge is 0.193 e. The average Bonchev–Trinajstić information content (AvgIpc) is 3.22. The number of hydrogen-bond acceptors (Lipinski definition) is 2. The summed E-state index contributed by atoms with van der Waals surface area (Å²) in [6.07, 6.45) is 2.40. The first-order valence-corrected chi connectivity index (χ1v) is 10.1. The number of rotatable bonds is 4. The zero-order chi connectivity index (χ0) is 17.9. The van der Waals surface area contributed by atoms with E-state index in [1.165, 1.54) is 18.4 Å². The first kappa shape index (κ1) is 22.0. The molecule has 6 heteroatoms. The third kappa shape index (κ3) is 5.13. The molecular weight excluding hydrogens is 505 g/mol. The van der Waals surface area contributed by atoms with Crippen LogP contribution in [0.5, 0.6) is 0 Å². The van der Waals surface area contributed by atoms with E-state index in [0.717, 1.165) is 49.8 Å². The highest BCUT2D eigenvalue weighted by Crippen LogP contribution is 2.38. The van der Waals surface area contributed by atoms with Crippen molar-refractivity contribution < 1.29 is 4.74 Å². The number of nitrogens with zero attached hydrogens (tertiary/aromatic N) is 2. The predicted octanol–water partition coefficient (Wildman–Crippen LogP) is 4.42. The van der Waals surface area contributed by atoms with Gasteiger partial charge in [0.15, 0.2) is 5.96 Å². The van der Waals surface area contributed by atoms with Crippen molar-refractivity contribution in [3.05, 3.63) is 34.3 Å². The molecule has 1 N–H and O–H groups in total. The minimum absolute atomic E-state index is 0. The number of ether oxygens (including phenoxy) is 1. The molecule has 3 rings (SSSR count). The van der Waals surface area contributed by atoms with Gasteiger partial charge in [0, 0.05) is 41.5 Å². The Hall–Kier alpha value is -0.340. The van der Waals surface area contributed by atoms with Gasteiger partial charge < -0.3 is 15.0 Å². The number of aliphatic imine (C=N–C) groups is 1.